The molecule has 1 aromatic rings. The summed E-state index contributed by atoms with van der Waals surface area (Å²) < 4.78 is 0. The van der Waals surface area contributed by atoms with E-state index in [1.54, 1.807) is 0 Å². The zero-order valence-electron chi connectivity index (χ0n) is 16.4. The third kappa shape index (κ3) is 5.77. The van der Waals surface area contributed by atoms with E-state index in [4.69, 9.17) is 0 Å². The van der Waals surface area contributed by atoms with Crippen molar-refractivity contribution >= 4 is 22.6 Å². The number of thioether (sulfide) groups is 1. The number of nitrogens with one attached hydrogen (secondary N) is 1. The van der Waals surface area contributed by atoms with Gasteiger partial charge in [0.25, 0.3) is 0 Å². The molecule has 0 aromatic heterocycles. The first-order valence-electron chi connectivity index (χ1n) is 10.1. The van der Waals surface area contributed by atoms with Crippen molar-refractivity contribution < 1.29 is 4.79 Å². The highest BCUT2D eigenvalue weighted by atomic mass is 32.2. The van der Waals surface area contributed by atoms with Crippen LogP contribution in [0.3, 0.4) is 0 Å². The van der Waals surface area contributed by atoms with Gasteiger partial charge in [-0.2, -0.15) is 0 Å². The molecule has 25 heavy (non-hydrogen) atoms. The SMILES string of the molecule is CCC(CC)CC1(Nc2ccccc2SC(=O)C(C)C)CCCCC1. The van der Waals surface area contributed by atoms with Crippen LogP contribution >= 0.6 is 11.8 Å². The average Bonchev–Trinajstić information content (AvgIpc) is 2.62. The van der Waals surface area contributed by atoms with Crippen LogP contribution in [0.25, 0.3) is 0 Å². The van der Waals surface area contributed by atoms with Gasteiger partial charge in [-0.05, 0) is 49.1 Å². The number of carbonyl (C=O) groups excluding carboxylic acids is 1. The van der Waals surface area contributed by atoms with Crippen LogP contribution in [0.4, 0.5) is 5.69 Å². The first-order chi connectivity index (χ1) is 12.0. The van der Waals surface area contributed by atoms with E-state index in [1.165, 1.54) is 63.1 Å². The Morgan fingerprint density at radius 3 is 2.36 bits per heavy atom. The Morgan fingerprint density at radius 1 is 1.12 bits per heavy atom. The molecule has 1 N–H and O–H groups in total. The number of hydrogen-bond acceptors (Lipinski definition) is 3. The van der Waals surface area contributed by atoms with Gasteiger partial charge in [0, 0.05) is 22.0 Å². The fourth-order valence-electron chi connectivity index (χ4n) is 3.91. The fraction of sp³-hybridized carbons (Fsp3) is 0.682. The normalized spacial score (nSPS) is 17.0. The first kappa shape index (κ1) is 20.4. The van der Waals surface area contributed by atoms with Crippen LogP contribution in [-0.2, 0) is 4.79 Å². The van der Waals surface area contributed by atoms with E-state index in [1.807, 2.05) is 19.9 Å². The van der Waals surface area contributed by atoms with Crippen molar-refractivity contribution in [3.05, 3.63) is 24.3 Å². The lowest BCUT2D eigenvalue weighted by Crippen LogP contribution is -2.42. The Kier molecular flexibility index (Phi) is 7.86. The van der Waals surface area contributed by atoms with Crippen LogP contribution in [0.2, 0.25) is 0 Å². The van der Waals surface area contributed by atoms with Crippen LogP contribution in [0.5, 0.6) is 0 Å². The summed E-state index contributed by atoms with van der Waals surface area (Å²) in [6.45, 7) is 8.58. The van der Waals surface area contributed by atoms with Gasteiger partial charge in [-0.3, -0.25) is 4.79 Å². The smallest absolute Gasteiger partial charge is 0.196 e. The number of anilines is 1. The largest absolute Gasteiger partial charge is 0.379 e. The molecule has 0 unspecified atom stereocenters. The molecule has 140 valence electrons. The standard InChI is InChI=1S/C22H35NOS/c1-5-18(6-2)16-22(14-10-7-11-15-22)23-19-12-8-9-13-20(19)25-21(24)17(3)4/h8-9,12-13,17-18,23H,5-7,10-11,14-16H2,1-4H3. The summed E-state index contributed by atoms with van der Waals surface area (Å²) in [6, 6.07) is 8.36. The first-order valence-corrected chi connectivity index (χ1v) is 10.9. The van der Waals surface area contributed by atoms with E-state index in [0.717, 1.165) is 16.5 Å². The molecule has 0 spiro atoms. The lowest BCUT2D eigenvalue weighted by molar-refractivity contribution is -0.113. The minimum atomic E-state index is 0.0614. The molecule has 3 heteroatoms. The number of rotatable bonds is 8. The third-order valence-corrected chi connectivity index (χ3v) is 6.86. The summed E-state index contributed by atoms with van der Waals surface area (Å²) >= 11 is 1.39. The molecule has 1 fully saturated rings. The van der Waals surface area contributed by atoms with Gasteiger partial charge in [-0.1, -0.05) is 71.9 Å². The van der Waals surface area contributed by atoms with Crippen molar-refractivity contribution in [1.29, 1.82) is 0 Å². The predicted octanol–water partition coefficient (Wildman–Crippen LogP) is 6.90. The summed E-state index contributed by atoms with van der Waals surface area (Å²) in [5.74, 6) is 0.842. The summed E-state index contributed by atoms with van der Waals surface area (Å²) in [5, 5.41) is 4.18. The minimum absolute atomic E-state index is 0.0614. The van der Waals surface area contributed by atoms with Gasteiger partial charge in [-0.25, -0.2) is 0 Å². The monoisotopic (exact) mass is 361 g/mol. The molecule has 1 aliphatic rings. The van der Waals surface area contributed by atoms with Crippen LogP contribution in [0.15, 0.2) is 29.2 Å². The Bertz CT molecular complexity index is 545. The van der Waals surface area contributed by atoms with Crippen molar-refractivity contribution in [1.82, 2.24) is 0 Å². The average molecular weight is 362 g/mol. The second-order valence-corrected chi connectivity index (χ2v) is 8.97. The predicted molar refractivity (Wildman–Crippen MR) is 110 cm³/mol. The topological polar surface area (TPSA) is 29.1 Å². The zero-order chi connectivity index (χ0) is 18.3. The molecule has 1 aliphatic carbocycles. The van der Waals surface area contributed by atoms with Gasteiger partial charge in [0.2, 0.25) is 0 Å². The van der Waals surface area contributed by atoms with E-state index < -0.39 is 0 Å². The van der Waals surface area contributed by atoms with Crippen LogP contribution < -0.4 is 5.32 Å². The van der Waals surface area contributed by atoms with Crippen LogP contribution in [-0.4, -0.2) is 10.7 Å². The number of carbonyl (C=O) groups is 1. The van der Waals surface area contributed by atoms with Gasteiger partial charge in [0.15, 0.2) is 5.12 Å². The molecule has 1 saturated carbocycles. The summed E-state index contributed by atoms with van der Waals surface area (Å²) in [4.78, 5) is 13.3. The van der Waals surface area contributed by atoms with E-state index >= 15 is 0 Å². The van der Waals surface area contributed by atoms with Crippen molar-refractivity contribution in [2.45, 2.75) is 89.5 Å². The fourth-order valence-corrected chi connectivity index (χ4v) is 4.74. The molecule has 0 bridgehead atoms. The summed E-state index contributed by atoms with van der Waals surface area (Å²) in [5.41, 5.74) is 1.35. The van der Waals surface area contributed by atoms with Gasteiger partial charge in [0.05, 0.1) is 0 Å². The molecule has 2 rings (SSSR count). The second-order valence-electron chi connectivity index (χ2n) is 7.92. The highest BCUT2D eigenvalue weighted by Gasteiger charge is 2.34. The Balaban J connectivity index is 2.22. The molecular weight excluding hydrogens is 326 g/mol. The van der Waals surface area contributed by atoms with Gasteiger partial charge in [0.1, 0.15) is 0 Å². The van der Waals surface area contributed by atoms with Crippen molar-refractivity contribution in [3.8, 4) is 0 Å². The Hall–Kier alpha value is -0.960. The van der Waals surface area contributed by atoms with Crippen LogP contribution in [0.1, 0.15) is 79.1 Å². The maximum absolute atomic E-state index is 12.2. The molecule has 0 heterocycles. The quantitative estimate of drug-likeness (QED) is 0.510. The molecule has 0 amide bonds. The van der Waals surface area contributed by atoms with Crippen LogP contribution in [0, 0.1) is 11.8 Å². The molecule has 0 radical (unpaired) electrons. The highest BCUT2D eigenvalue weighted by Crippen LogP contribution is 2.40. The minimum Gasteiger partial charge on any atom is -0.379 e. The van der Waals surface area contributed by atoms with E-state index in [0.29, 0.717) is 0 Å². The second kappa shape index (κ2) is 9.66. The number of benzene rings is 1. The van der Waals surface area contributed by atoms with E-state index in [2.05, 4.69) is 37.4 Å². The molecule has 0 atom stereocenters. The maximum Gasteiger partial charge on any atom is 0.196 e. The maximum atomic E-state index is 12.2. The molecule has 0 aliphatic heterocycles. The third-order valence-electron chi connectivity index (χ3n) is 5.61. The summed E-state index contributed by atoms with van der Waals surface area (Å²) in [6.07, 6.45) is 10.2. The van der Waals surface area contributed by atoms with Gasteiger partial charge >= 0.3 is 0 Å². The zero-order valence-corrected chi connectivity index (χ0v) is 17.3. The molecule has 2 nitrogen and oxygen atoms in total. The van der Waals surface area contributed by atoms with E-state index in [-0.39, 0.29) is 16.6 Å². The van der Waals surface area contributed by atoms with Crippen molar-refractivity contribution in [3.63, 3.8) is 0 Å². The van der Waals surface area contributed by atoms with Gasteiger partial charge in [-0.15, -0.1) is 0 Å². The molecular formula is C22H35NOS. The molecule has 0 saturated heterocycles. The number of hydrogen-bond donors (Lipinski definition) is 1. The molecule has 1 aromatic carbocycles. The summed E-state index contributed by atoms with van der Waals surface area (Å²) in [7, 11) is 0. The lowest BCUT2D eigenvalue weighted by Gasteiger charge is -2.42. The Morgan fingerprint density at radius 2 is 1.76 bits per heavy atom. The number of para-hydroxylation sites is 1. The lowest BCUT2D eigenvalue weighted by atomic mass is 9.74. The van der Waals surface area contributed by atoms with Crippen molar-refractivity contribution in [2.24, 2.45) is 11.8 Å². The van der Waals surface area contributed by atoms with Gasteiger partial charge < -0.3 is 5.32 Å². The Labute approximate surface area is 158 Å². The highest BCUT2D eigenvalue weighted by molar-refractivity contribution is 8.13. The van der Waals surface area contributed by atoms with E-state index in [9.17, 15) is 4.79 Å². The van der Waals surface area contributed by atoms with Crippen molar-refractivity contribution in [2.75, 3.05) is 5.32 Å².